The molecule has 19 heavy (non-hydrogen) atoms. The summed E-state index contributed by atoms with van der Waals surface area (Å²) in [5.74, 6) is -1.02. The van der Waals surface area contributed by atoms with E-state index in [1.54, 1.807) is 12.1 Å². The fourth-order valence-corrected chi connectivity index (χ4v) is 2.23. The Hall–Kier alpha value is -2.55. The third-order valence-electron chi connectivity index (χ3n) is 3.14. The molecular weight excluding hydrogens is 243 g/mol. The fraction of sp³-hybridized carbons (Fsp3) is 0. The second kappa shape index (κ2) is 4.28. The molecule has 0 spiro atoms. The van der Waals surface area contributed by atoms with E-state index in [2.05, 4.69) is 0 Å². The number of fused-ring (bicyclic) bond motifs is 1. The van der Waals surface area contributed by atoms with Gasteiger partial charge in [0.15, 0.2) is 11.6 Å². The molecule has 0 saturated heterocycles. The van der Waals surface area contributed by atoms with Crippen molar-refractivity contribution >= 4 is 10.8 Å². The summed E-state index contributed by atoms with van der Waals surface area (Å²) in [5.41, 5.74) is 1.10. The second-order valence-corrected chi connectivity index (χ2v) is 4.35. The predicted molar refractivity (Wildman–Crippen MR) is 72.7 cm³/mol. The maximum absolute atomic E-state index is 13.5. The average molecular weight is 254 g/mol. The Morgan fingerprint density at radius 2 is 1.53 bits per heavy atom. The van der Waals surface area contributed by atoms with Gasteiger partial charge in [0.25, 0.3) is 0 Å². The number of rotatable bonds is 1. The number of hydrogen-bond acceptors (Lipinski definition) is 2. The van der Waals surface area contributed by atoms with Crippen molar-refractivity contribution in [2.45, 2.75) is 0 Å². The molecule has 0 radical (unpaired) electrons. The van der Waals surface area contributed by atoms with Gasteiger partial charge in [-0.15, -0.1) is 0 Å². The lowest BCUT2D eigenvalue weighted by molar-refractivity contribution is 0.432. The zero-order valence-electron chi connectivity index (χ0n) is 9.97. The molecule has 3 aromatic carbocycles. The van der Waals surface area contributed by atoms with E-state index in [0.717, 1.165) is 10.8 Å². The monoisotopic (exact) mass is 254 g/mol. The molecule has 3 rings (SSSR count). The quantitative estimate of drug-likeness (QED) is 0.687. The summed E-state index contributed by atoms with van der Waals surface area (Å²) in [6.07, 6.45) is 0. The van der Waals surface area contributed by atoms with E-state index in [-0.39, 0.29) is 5.75 Å². The van der Waals surface area contributed by atoms with Gasteiger partial charge in [0, 0.05) is 5.56 Å². The van der Waals surface area contributed by atoms with Crippen molar-refractivity contribution < 1.29 is 14.6 Å². The molecule has 0 aliphatic rings. The zero-order chi connectivity index (χ0) is 13.4. The van der Waals surface area contributed by atoms with Gasteiger partial charge in [0.1, 0.15) is 5.75 Å². The largest absolute Gasteiger partial charge is 0.507 e. The molecule has 0 amide bonds. The van der Waals surface area contributed by atoms with E-state index in [4.69, 9.17) is 0 Å². The van der Waals surface area contributed by atoms with E-state index < -0.39 is 11.6 Å². The van der Waals surface area contributed by atoms with E-state index in [0.29, 0.717) is 11.1 Å². The lowest BCUT2D eigenvalue weighted by Gasteiger charge is -2.10. The molecule has 0 saturated carbocycles. The van der Waals surface area contributed by atoms with Gasteiger partial charge in [-0.25, -0.2) is 4.39 Å². The summed E-state index contributed by atoms with van der Waals surface area (Å²) in [5, 5.41) is 21.1. The number of phenols is 2. The maximum atomic E-state index is 13.5. The molecule has 2 N–H and O–H groups in total. The van der Waals surface area contributed by atoms with Crippen LogP contribution in [-0.4, -0.2) is 10.2 Å². The van der Waals surface area contributed by atoms with Crippen LogP contribution in [0.3, 0.4) is 0 Å². The third kappa shape index (κ3) is 1.89. The Morgan fingerprint density at radius 3 is 2.32 bits per heavy atom. The average Bonchev–Trinajstić information content (AvgIpc) is 2.42. The smallest absolute Gasteiger partial charge is 0.165 e. The van der Waals surface area contributed by atoms with E-state index in [1.165, 1.54) is 12.1 Å². The number of aromatic hydroxyl groups is 2. The molecule has 0 aliphatic carbocycles. The highest BCUT2D eigenvalue weighted by atomic mass is 19.1. The molecule has 0 aliphatic heterocycles. The first-order chi connectivity index (χ1) is 9.16. The van der Waals surface area contributed by atoms with Gasteiger partial charge >= 0.3 is 0 Å². The Bertz CT molecular complexity index is 766. The van der Waals surface area contributed by atoms with Gasteiger partial charge in [0.05, 0.1) is 0 Å². The van der Waals surface area contributed by atoms with Crippen LogP contribution in [0.25, 0.3) is 21.9 Å². The molecule has 3 aromatic rings. The molecule has 0 aromatic heterocycles. The summed E-state index contributed by atoms with van der Waals surface area (Å²) in [6, 6.07) is 15.0. The van der Waals surface area contributed by atoms with Crippen LogP contribution >= 0.6 is 0 Å². The van der Waals surface area contributed by atoms with Gasteiger partial charge in [-0.3, -0.25) is 0 Å². The van der Waals surface area contributed by atoms with Crippen LogP contribution in [0.4, 0.5) is 4.39 Å². The first-order valence-corrected chi connectivity index (χ1v) is 5.86. The number of benzene rings is 3. The molecule has 0 atom stereocenters. The number of hydrogen-bond donors (Lipinski definition) is 2. The predicted octanol–water partition coefficient (Wildman–Crippen LogP) is 4.06. The molecule has 0 unspecified atom stereocenters. The van der Waals surface area contributed by atoms with Crippen LogP contribution < -0.4 is 0 Å². The lowest BCUT2D eigenvalue weighted by atomic mass is 9.97. The topological polar surface area (TPSA) is 40.5 Å². The molecule has 0 heterocycles. The summed E-state index contributed by atoms with van der Waals surface area (Å²) < 4.78 is 13.5. The maximum Gasteiger partial charge on any atom is 0.165 e. The highest BCUT2D eigenvalue weighted by Crippen LogP contribution is 2.37. The van der Waals surface area contributed by atoms with Crippen LogP contribution in [0.15, 0.2) is 54.6 Å². The summed E-state index contributed by atoms with van der Waals surface area (Å²) >= 11 is 0. The summed E-state index contributed by atoms with van der Waals surface area (Å²) in [6.45, 7) is 0. The molecule has 2 nitrogen and oxygen atoms in total. The van der Waals surface area contributed by atoms with Crippen LogP contribution in [0.1, 0.15) is 0 Å². The fourth-order valence-electron chi connectivity index (χ4n) is 2.23. The van der Waals surface area contributed by atoms with Crippen molar-refractivity contribution in [3.05, 3.63) is 60.4 Å². The van der Waals surface area contributed by atoms with Gasteiger partial charge < -0.3 is 10.2 Å². The van der Waals surface area contributed by atoms with Crippen molar-refractivity contribution in [1.82, 2.24) is 0 Å². The summed E-state index contributed by atoms with van der Waals surface area (Å²) in [4.78, 5) is 0. The van der Waals surface area contributed by atoms with Crippen LogP contribution in [0, 0.1) is 5.82 Å². The highest BCUT2D eigenvalue weighted by molar-refractivity contribution is 5.99. The van der Waals surface area contributed by atoms with Crippen molar-refractivity contribution in [2.75, 3.05) is 0 Å². The van der Waals surface area contributed by atoms with Crippen LogP contribution in [-0.2, 0) is 0 Å². The van der Waals surface area contributed by atoms with Gasteiger partial charge in [-0.2, -0.15) is 0 Å². The Labute approximate surface area is 109 Å². The molecule has 0 bridgehead atoms. The molecule has 3 heteroatoms. The zero-order valence-corrected chi connectivity index (χ0v) is 9.97. The number of halogens is 1. The van der Waals surface area contributed by atoms with E-state index >= 15 is 0 Å². The Kier molecular flexibility index (Phi) is 2.60. The Balaban J connectivity index is 2.34. The lowest BCUT2D eigenvalue weighted by Crippen LogP contribution is -1.85. The minimum atomic E-state index is -0.704. The van der Waals surface area contributed by atoms with E-state index in [1.807, 2.05) is 30.3 Å². The van der Waals surface area contributed by atoms with Crippen LogP contribution in [0.5, 0.6) is 11.5 Å². The molecular formula is C16H11FO2. The van der Waals surface area contributed by atoms with Gasteiger partial charge in [-0.05, 0) is 34.5 Å². The number of phenolic OH excluding ortho intramolecular Hbond substituents is 2. The minimum absolute atomic E-state index is 0.0868. The van der Waals surface area contributed by atoms with Gasteiger partial charge in [0.2, 0.25) is 0 Å². The van der Waals surface area contributed by atoms with Crippen molar-refractivity contribution in [3.63, 3.8) is 0 Å². The minimum Gasteiger partial charge on any atom is -0.507 e. The highest BCUT2D eigenvalue weighted by Gasteiger charge is 2.11. The first-order valence-electron chi connectivity index (χ1n) is 5.86. The second-order valence-electron chi connectivity index (χ2n) is 4.35. The van der Waals surface area contributed by atoms with Crippen molar-refractivity contribution in [3.8, 4) is 22.6 Å². The normalized spacial score (nSPS) is 10.8. The first kappa shape index (κ1) is 11.5. The van der Waals surface area contributed by atoms with Gasteiger partial charge in [-0.1, -0.05) is 36.4 Å². The SMILES string of the molecule is Oc1ccc(-c2c(O)ccc3ccccc23)cc1F. The van der Waals surface area contributed by atoms with Crippen molar-refractivity contribution in [1.29, 1.82) is 0 Å². The Morgan fingerprint density at radius 1 is 0.789 bits per heavy atom. The molecule has 94 valence electrons. The standard InChI is InChI=1S/C16H11FO2/c17-13-9-11(6-7-14(13)18)16-12-4-2-1-3-10(12)5-8-15(16)19/h1-9,18-19H. The van der Waals surface area contributed by atoms with E-state index in [9.17, 15) is 14.6 Å². The third-order valence-corrected chi connectivity index (χ3v) is 3.14. The van der Waals surface area contributed by atoms with Crippen LogP contribution in [0.2, 0.25) is 0 Å². The molecule has 0 fully saturated rings. The summed E-state index contributed by atoms with van der Waals surface area (Å²) in [7, 11) is 0. The van der Waals surface area contributed by atoms with Crippen molar-refractivity contribution in [2.24, 2.45) is 0 Å².